The van der Waals surface area contributed by atoms with Gasteiger partial charge in [0.2, 0.25) is 11.7 Å². The summed E-state index contributed by atoms with van der Waals surface area (Å²) >= 11 is 5.83. The maximum atomic E-state index is 5.83. The van der Waals surface area contributed by atoms with Crippen molar-refractivity contribution in [1.29, 1.82) is 0 Å². The fourth-order valence-corrected chi connectivity index (χ4v) is 1.62. The van der Waals surface area contributed by atoms with Crippen LogP contribution in [-0.2, 0) is 6.54 Å². The number of nitrogens with two attached hydrogens (primary N) is 1. The predicted octanol–water partition coefficient (Wildman–Crippen LogP) is 2.82. The lowest BCUT2D eigenvalue weighted by Crippen LogP contribution is -2.32. The standard InChI is InChI=1S/C13H16ClN5O.HI/c1-2-7-16-13(15)17-8-11-18-12(19-20-11)9-3-5-10(14)6-4-9;/h3-6H,2,7-8H2,1H3,(H3,15,16,17);1H. The average molecular weight is 422 g/mol. The lowest BCUT2D eigenvalue weighted by Gasteiger charge is -2.01. The van der Waals surface area contributed by atoms with Gasteiger partial charge >= 0.3 is 0 Å². The smallest absolute Gasteiger partial charge is 0.248 e. The molecule has 1 heterocycles. The number of hydrogen-bond donors (Lipinski definition) is 2. The third-order valence-corrected chi connectivity index (χ3v) is 2.76. The van der Waals surface area contributed by atoms with Gasteiger partial charge in [-0.1, -0.05) is 23.7 Å². The molecule has 0 aliphatic rings. The second kappa shape index (κ2) is 8.83. The molecule has 0 aliphatic heterocycles. The number of halogens is 2. The fraction of sp³-hybridized carbons (Fsp3) is 0.308. The largest absolute Gasteiger partial charge is 0.370 e. The van der Waals surface area contributed by atoms with Gasteiger partial charge in [-0.15, -0.1) is 24.0 Å². The molecule has 0 aliphatic carbocycles. The van der Waals surface area contributed by atoms with Crippen molar-refractivity contribution < 1.29 is 4.52 Å². The van der Waals surface area contributed by atoms with Gasteiger partial charge in [-0.05, 0) is 30.7 Å². The van der Waals surface area contributed by atoms with Gasteiger partial charge in [-0.25, -0.2) is 4.99 Å². The van der Waals surface area contributed by atoms with E-state index in [9.17, 15) is 0 Å². The van der Waals surface area contributed by atoms with Crippen LogP contribution in [0, 0.1) is 0 Å². The van der Waals surface area contributed by atoms with Crippen LogP contribution in [0.2, 0.25) is 5.02 Å². The second-order valence-corrected chi connectivity index (χ2v) is 4.58. The summed E-state index contributed by atoms with van der Waals surface area (Å²) in [6, 6.07) is 7.21. The monoisotopic (exact) mass is 421 g/mol. The van der Waals surface area contributed by atoms with Crippen LogP contribution >= 0.6 is 35.6 Å². The third kappa shape index (κ3) is 5.50. The van der Waals surface area contributed by atoms with Crippen molar-refractivity contribution in [2.75, 3.05) is 6.54 Å². The molecule has 0 saturated carbocycles. The lowest BCUT2D eigenvalue weighted by atomic mass is 10.2. The number of hydrogen-bond acceptors (Lipinski definition) is 4. The summed E-state index contributed by atoms with van der Waals surface area (Å²) in [6.07, 6.45) is 0.984. The van der Waals surface area contributed by atoms with Crippen LogP contribution in [0.3, 0.4) is 0 Å². The summed E-state index contributed by atoms with van der Waals surface area (Å²) in [5.41, 5.74) is 6.51. The lowest BCUT2D eigenvalue weighted by molar-refractivity contribution is 0.381. The minimum atomic E-state index is 0. The molecule has 0 unspecified atom stereocenters. The van der Waals surface area contributed by atoms with Crippen molar-refractivity contribution in [2.45, 2.75) is 19.9 Å². The Labute approximate surface area is 145 Å². The van der Waals surface area contributed by atoms with E-state index in [4.69, 9.17) is 21.9 Å². The normalized spacial score (nSPS) is 11.0. The Morgan fingerprint density at radius 3 is 2.76 bits per heavy atom. The zero-order chi connectivity index (χ0) is 14.4. The first-order valence-electron chi connectivity index (χ1n) is 6.31. The summed E-state index contributed by atoms with van der Waals surface area (Å²) in [5, 5.41) is 7.53. The molecule has 0 bridgehead atoms. The van der Waals surface area contributed by atoms with Crippen LogP contribution in [0.15, 0.2) is 33.8 Å². The number of aliphatic imine (C=N–C) groups is 1. The Bertz CT molecular complexity index is 585. The average Bonchev–Trinajstić information content (AvgIpc) is 2.92. The Balaban J connectivity index is 0.00000220. The second-order valence-electron chi connectivity index (χ2n) is 4.15. The van der Waals surface area contributed by atoms with E-state index < -0.39 is 0 Å². The van der Waals surface area contributed by atoms with Gasteiger partial charge in [-0.3, -0.25) is 0 Å². The summed E-state index contributed by atoms with van der Waals surface area (Å²) < 4.78 is 5.12. The van der Waals surface area contributed by atoms with E-state index in [0.717, 1.165) is 18.5 Å². The van der Waals surface area contributed by atoms with Crippen LogP contribution in [-0.4, -0.2) is 22.6 Å². The molecule has 1 aromatic carbocycles. The Kier molecular flexibility index (Phi) is 7.44. The van der Waals surface area contributed by atoms with Crippen LogP contribution in [0.5, 0.6) is 0 Å². The zero-order valence-corrected chi connectivity index (χ0v) is 14.6. The molecule has 3 N–H and O–H groups in total. The Morgan fingerprint density at radius 2 is 2.10 bits per heavy atom. The first-order valence-corrected chi connectivity index (χ1v) is 6.69. The molecule has 1 aromatic heterocycles. The molecule has 21 heavy (non-hydrogen) atoms. The summed E-state index contributed by atoms with van der Waals surface area (Å²) in [6.45, 7) is 3.09. The molecule has 6 nitrogen and oxygen atoms in total. The van der Waals surface area contributed by atoms with Gasteiger partial charge in [-0.2, -0.15) is 4.98 Å². The first-order chi connectivity index (χ1) is 9.69. The van der Waals surface area contributed by atoms with Crippen LogP contribution in [0.4, 0.5) is 0 Å². The van der Waals surface area contributed by atoms with E-state index in [-0.39, 0.29) is 30.5 Å². The summed E-state index contributed by atoms with van der Waals surface area (Å²) in [5.74, 6) is 1.29. The van der Waals surface area contributed by atoms with Crippen molar-refractivity contribution in [3.8, 4) is 11.4 Å². The van der Waals surface area contributed by atoms with Crippen molar-refractivity contribution in [1.82, 2.24) is 15.5 Å². The number of nitrogens with one attached hydrogen (secondary N) is 1. The van der Waals surface area contributed by atoms with Crippen molar-refractivity contribution in [2.24, 2.45) is 10.7 Å². The molecule has 0 saturated heterocycles. The van der Waals surface area contributed by atoms with Crippen LogP contribution in [0.1, 0.15) is 19.2 Å². The summed E-state index contributed by atoms with van der Waals surface area (Å²) in [7, 11) is 0. The Morgan fingerprint density at radius 1 is 1.38 bits per heavy atom. The van der Waals surface area contributed by atoms with Gasteiger partial charge in [0.1, 0.15) is 6.54 Å². The van der Waals surface area contributed by atoms with Gasteiger partial charge in [0.15, 0.2) is 5.96 Å². The molecular weight excluding hydrogens is 405 g/mol. The van der Waals surface area contributed by atoms with Gasteiger partial charge in [0.25, 0.3) is 0 Å². The maximum Gasteiger partial charge on any atom is 0.248 e. The number of guanidine groups is 1. The number of nitrogens with zero attached hydrogens (tertiary/aromatic N) is 3. The molecule has 114 valence electrons. The number of rotatable bonds is 5. The third-order valence-electron chi connectivity index (χ3n) is 2.51. The molecule has 0 radical (unpaired) electrons. The molecule has 2 rings (SSSR count). The summed E-state index contributed by atoms with van der Waals surface area (Å²) in [4.78, 5) is 8.37. The highest BCUT2D eigenvalue weighted by Crippen LogP contribution is 2.18. The molecule has 0 atom stereocenters. The van der Waals surface area contributed by atoms with E-state index in [1.54, 1.807) is 12.1 Å². The molecule has 0 spiro atoms. The quantitative estimate of drug-likeness (QED) is 0.440. The van der Waals surface area contributed by atoms with E-state index in [2.05, 4.69) is 27.4 Å². The Hall–Kier alpha value is -1.35. The maximum absolute atomic E-state index is 5.83. The highest BCUT2D eigenvalue weighted by Gasteiger charge is 2.08. The predicted molar refractivity (Wildman–Crippen MR) is 93.8 cm³/mol. The van der Waals surface area contributed by atoms with Crippen molar-refractivity contribution in [3.05, 3.63) is 35.2 Å². The van der Waals surface area contributed by atoms with E-state index >= 15 is 0 Å². The highest BCUT2D eigenvalue weighted by atomic mass is 127. The molecule has 2 aromatic rings. The topological polar surface area (TPSA) is 89.3 Å². The molecular formula is C13H17ClIN5O. The van der Waals surface area contributed by atoms with Gasteiger partial charge in [0.05, 0.1) is 0 Å². The molecule has 0 fully saturated rings. The van der Waals surface area contributed by atoms with Gasteiger partial charge in [0, 0.05) is 17.1 Å². The minimum absolute atomic E-state index is 0. The minimum Gasteiger partial charge on any atom is -0.370 e. The van der Waals surface area contributed by atoms with Crippen molar-refractivity contribution >= 4 is 41.5 Å². The first kappa shape index (κ1) is 17.7. The highest BCUT2D eigenvalue weighted by molar-refractivity contribution is 14.0. The van der Waals surface area contributed by atoms with Crippen LogP contribution in [0.25, 0.3) is 11.4 Å². The van der Waals surface area contributed by atoms with Crippen molar-refractivity contribution in [3.63, 3.8) is 0 Å². The number of benzene rings is 1. The van der Waals surface area contributed by atoms with Crippen LogP contribution < -0.4 is 11.1 Å². The SMILES string of the molecule is CCCNC(N)=NCc1nc(-c2ccc(Cl)cc2)no1.I. The zero-order valence-electron chi connectivity index (χ0n) is 11.5. The fourth-order valence-electron chi connectivity index (χ4n) is 1.50. The molecule has 8 heteroatoms. The van der Waals surface area contributed by atoms with E-state index in [1.807, 2.05) is 12.1 Å². The van der Waals surface area contributed by atoms with E-state index in [0.29, 0.717) is 22.7 Å². The molecule has 0 amide bonds. The van der Waals surface area contributed by atoms with E-state index in [1.165, 1.54) is 0 Å². The van der Waals surface area contributed by atoms with Gasteiger partial charge < -0.3 is 15.6 Å². The number of aromatic nitrogens is 2.